The second-order valence-electron chi connectivity index (χ2n) is 4.68. The van der Waals surface area contributed by atoms with Crippen LogP contribution in [0.4, 0.5) is 5.69 Å². The molecule has 2 heterocycles. The van der Waals surface area contributed by atoms with Crippen molar-refractivity contribution in [2.45, 2.75) is 13.1 Å². The van der Waals surface area contributed by atoms with Gasteiger partial charge in [0, 0.05) is 35.6 Å². The van der Waals surface area contributed by atoms with Crippen molar-refractivity contribution in [1.82, 2.24) is 14.8 Å². The molecule has 0 saturated heterocycles. The number of hydrogen-bond donors (Lipinski definition) is 2. The van der Waals surface area contributed by atoms with Crippen LogP contribution >= 0.6 is 11.6 Å². The van der Waals surface area contributed by atoms with Gasteiger partial charge in [-0.1, -0.05) is 11.6 Å². The van der Waals surface area contributed by atoms with E-state index in [2.05, 4.69) is 15.4 Å². The molecule has 0 aliphatic heterocycles. The average Bonchev–Trinajstić information content (AvgIpc) is 2.95. The van der Waals surface area contributed by atoms with Crippen molar-refractivity contribution in [3.8, 4) is 0 Å². The van der Waals surface area contributed by atoms with Crippen LogP contribution in [-0.4, -0.2) is 26.5 Å². The second kappa shape index (κ2) is 6.11. The molecule has 0 fully saturated rings. The number of aromatic nitrogens is 3. The van der Waals surface area contributed by atoms with Crippen molar-refractivity contribution >= 4 is 28.2 Å². The Hall–Kier alpha value is -2.11. The molecule has 3 rings (SSSR count). The third-order valence-corrected chi connectivity index (χ3v) is 3.52. The van der Waals surface area contributed by atoms with Crippen molar-refractivity contribution in [3.63, 3.8) is 0 Å². The highest BCUT2D eigenvalue weighted by molar-refractivity contribution is 6.35. The molecular formula is C15H15ClN4O. The van der Waals surface area contributed by atoms with E-state index in [1.807, 2.05) is 30.5 Å². The summed E-state index contributed by atoms with van der Waals surface area (Å²) in [4.78, 5) is 4.31. The Kier molecular flexibility index (Phi) is 4.03. The lowest BCUT2D eigenvalue weighted by Crippen LogP contribution is -2.02. The predicted octanol–water partition coefficient (Wildman–Crippen LogP) is 2.69. The van der Waals surface area contributed by atoms with Crippen molar-refractivity contribution < 1.29 is 5.11 Å². The van der Waals surface area contributed by atoms with Gasteiger partial charge in [0.05, 0.1) is 29.9 Å². The topological polar surface area (TPSA) is 63.0 Å². The zero-order valence-corrected chi connectivity index (χ0v) is 12.1. The average molecular weight is 303 g/mol. The number of pyridine rings is 1. The van der Waals surface area contributed by atoms with E-state index in [1.165, 1.54) is 0 Å². The highest BCUT2D eigenvalue weighted by Gasteiger charge is 2.06. The molecule has 0 amide bonds. The molecule has 5 nitrogen and oxygen atoms in total. The fourth-order valence-electron chi connectivity index (χ4n) is 2.21. The van der Waals surface area contributed by atoms with Gasteiger partial charge in [-0.2, -0.15) is 5.10 Å². The second-order valence-corrected chi connectivity index (χ2v) is 5.09. The molecule has 2 N–H and O–H groups in total. The largest absolute Gasteiger partial charge is 0.394 e. The van der Waals surface area contributed by atoms with Crippen molar-refractivity contribution in [3.05, 3.63) is 53.4 Å². The lowest BCUT2D eigenvalue weighted by molar-refractivity contribution is 0.269. The van der Waals surface area contributed by atoms with E-state index in [9.17, 15) is 0 Å². The maximum atomic E-state index is 8.89. The highest BCUT2D eigenvalue weighted by Crippen LogP contribution is 2.28. The third-order valence-electron chi connectivity index (χ3n) is 3.22. The Morgan fingerprint density at radius 2 is 2.19 bits per heavy atom. The highest BCUT2D eigenvalue weighted by atomic mass is 35.5. The molecule has 3 aromatic rings. The number of rotatable bonds is 5. The molecule has 6 heteroatoms. The summed E-state index contributed by atoms with van der Waals surface area (Å²) in [6.07, 6.45) is 5.44. The van der Waals surface area contributed by atoms with E-state index in [1.54, 1.807) is 17.1 Å². The predicted molar refractivity (Wildman–Crippen MR) is 83.4 cm³/mol. The Labute approximate surface area is 127 Å². The SMILES string of the molecule is OCCn1cc(CNc2ccc(Cl)c3ncccc23)cn1. The monoisotopic (exact) mass is 302 g/mol. The zero-order chi connectivity index (χ0) is 14.7. The van der Waals surface area contributed by atoms with Gasteiger partial charge in [0.25, 0.3) is 0 Å². The Morgan fingerprint density at radius 1 is 1.29 bits per heavy atom. The summed E-state index contributed by atoms with van der Waals surface area (Å²) in [5.41, 5.74) is 2.83. The quantitative estimate of drug-likeness (QED) is 0.760. The number of benzene rings is 1. The number of hydrogen-bond acceptors (Lipinski definition) is 4. The first-order chi connectivity index (χ1) is 10.3. The van der Waals surface area contributed by atoms with Crippen LogP contribution in [-0.2, 0) is 13.1 Å². The van der Waals surface area contributed by atoms with Crippen LogP contribution in [0.5, 0.6) is 0 Å². The Balaban J connectivity index is 1.80. The molecule has 0 saturated carbocycles. The van der Waals surface area contributed by atoms with E-state index in [-0.39, 0.29) is 6.61 Å². The summed E-state index contributed by atoms with van der Waals surface area (Å²) in [6.45, 7) is 1.24. The van der Waals surface area contributed by atoms with Crippen LogP contribution in [0.2, 0.25) is 5.02 Å². The molecule has 0 atom stereocenters. The van der Waals surface area contributed by atoms with E-state index in [0.717, 1.165) is 22.2 Å². The lowest BCUT2D eigenvalue weighted by Gasteiger charge is -2.09. The number of nitrogens with one attached hydrogen (secondary N) is 1. The van der Waals surface area contributed by atoms with Gasteiger partial charge in [0.2, 0.25) is 0 Å². The number of aliphatic hydroxyl groups excluding tert-OH is 1. The van der Waals surface area contributed by atoms with Crippen LogP contribution in [0.1, 0.15) is 5.56 Å². The minimum absolute atomic E-state index is 0.0854. The molecule has 0 spiro atoms. The van der Waals surface area contributed by atoms with E-state index >= 15 is 0 Å². The van der Waals surface area contributed by atoms with E-state index < -0.39 is 0 Å². The van der Waals surface area contributed by atoms with Crippen LogP contribution in [0, 0.1) is 0 Å². The van der Waals surface area contributed by atoms with Crippen molar-refractivity contribution in [1.29, 1.82) is 0 Å². The summed E-state index contributed by atoms with van der Waals surface area (Å²) in [6, 6.07) is 7.67. The number of aliphatic hydroxyl groups is 1. The smallest absolute Gasteiger partial charge is 0.0908 e. The van der Waals surface area contributed by atoms with Gasteiger partial charge >= 0.3 is 0 Å². The van der Waals surface area contributed by atoms with Crippen LogP contribution < -0.4 is 5.32 Å². The van der Waals surface area contributed by atoms with Crippen LogP contribution in [0.15, 0.2) is 42.9 Å². The first kappa shape index (κ1) is 13.9. The van der Waals surface area contributed by atoms with Crippen molar-refractivity contribution in [2.24, 2.45) is 0 Å². The van der Waals surface area contributed by atoms with E-state index in [4.69, 9.17) is 16.7 Å². The van der Waals surface area contributed by atoms with Gasteiger partial charge in [-0.25, -0.2) is 0 Å². The molecule has 0 aliphatic carbocycles. The van der Waals surface area contributed by atoms with Gasteiger partial charge in [-0.05, 0) is 24.3 Å². The van der Waals surface area contributed by atoms with Crippen molar-refractivity contribution in [2.75, 3.05) is 11.9 Å². The molecule has 0 aliphatic rings. The Bertz CT molecular complexity index is 756. The molecule has 2 aromatic heterocycles. The summed E-state index contributed by atoms with van der Waals surface area (Å²) in [5, 5.41) is 18.1. The maximum Gasteiger partial charge on any atom is 0.0908 e. The standard InChI is InChI=1S/C15H15ClN4O/c16-13-3-4-14(12-2-1-5-17-15(12)13)18-8-11-9-19-20(10-11)6-7-21/h1-5,9-10,18,21H,6-8H2. The molecule has 0 unspecified atom stereocenters. The summed E-state index contributed by atoms with van der Waals surface area (Å²) < 4.78 is 1.72. The van der Waals surface area contributed by atoms with Gasteiger partial charge in [0.15, 0.2) is 0 Å². The maximum absolute atomic E-state index is 8.89. The molecule has 0 radical (unpaired) electrons. The fraction of sp³-hybridized carbons (Fsp3) is 0.200. The third kappa shape index (κ3) is 2.99. The molecule has 21 heavy (non-hydrogen) atoms. The first-order valence-corrected chi connectivity index (χ1v) is 7.05. The Morgan fingerprint density at radius 3 is 3.05 bits per heavy atom. The number of anilines is 1. The minimum atomic E-state index is 0.0854. The molecular weight excluding hydrogens is 288 g/mol. The normalized spacial score (nSPS) is 11.0. The van der Waals surface area contributed by atoms with Gasteiger partial charge in [0.1, 0.15) is 0 Å². The summed E-state index contributed by atoms with van der Waals surface area (Å²) in [7, 11) is 0. The fourth-order valence-corrected chi connectivity index (χ4v) is 2.43. The summed E-state index contributed by atoms with van der Waals surface area (Å²) in [5.74, 6) is 0. The number of fused-ring (bicyclic) bond motifs is 1. The van der Waals surface area contributed by atoms with Gasteiger partial charge in [-0.15, -0.1) is 0 Å². The molecule has 1 aromatic carbocycles. The van der Waals surface area contributed by atoms with Crippen LogP contribution in [0.3, 0.4) is 0 Å². The zero-order valence-electron chi connectivity index (χ0n) is 11.3. The molecule has 108 valence electrons. The van der Waals surface area contributed by atoms with Crippen LogP contribution in [0.25, 0.3) is 10.9 Å². The van der Waals surface area contributed by atoms with Gasteiger partial charge < -0.3 is 10.4 Å². The lowest BCUT2D eigenvalue weighted by atomic mass is 10.1. The van der Waals surface area contributed by atoms with E-state index in [0.29, 0.717) is 18.1 Å². The van der Waals surface area contributed by atoms with Gasteiger partial charge in [-0.3, -0.25) is 9.67 Å². The minimum Gasteiger partial charge on any atom is -0.394 e. The number of halogens is 1. The molecule has 0 bridgehead atoms. The first-order valence-electron chi connectivity index (χ1n) is 6.67. The number of nitrogens with zero attached hydrogens (tertiary/aromatic N) is 3. The summed E-state index contributed by atoms with van der Waals surface area (Å²) >= 11 is 6.16.